The number of benzene rings is 2. The highest BCUT2D eigenvalue weighted by atomic mass is 16.7. The number of fused-ring (bicyclic) bond motifs is 1. The Morgan fingerprint density at radius 3 is 2.69 bits per heavy atom. The maximum absolute atomic E-state index is 12.3. The Hall–Kier alpha value is -3.55. The van der Waals surface area contributed by atoms with Crippen LogP contribution in [0.3, 0.4) is 0 Å². The Bertz CT molecular complexity index is 892. The first-order chi connectivity index (χ1) is 12.5. The lowest BCUT2D eigenvalue weighted by Crippen LogP contribution is -2.11. The minimum atomic E-state index is -0.449. The molecule has 0 aliphatic carbocycles. The minimum Gasteiger partial charge on any atom is -0.454 e. The predicted octanol–water partition coefficient (Wildman–Crippen LogP) is 3.20. The Labute approximate surface area is 149 Å². The van der Waals surface area contributed by atoms with Gasteiger partial charge in [-0.1, -0.05) is 0 Å². The number of nitrogens with one attached hydrogen (secondary N) is 1. The second kappa shape index (κ2) is 7.14. The lowest BCUT2D eigenvalue weighted by Gasteiger charge is -2.16. The van der Waals surface area contributed by atoms with Gasteiger partial charge >= 0.3 is 0 Å². The third kappa shape index (κ3) is 3.59. The largest absolute Gasteiger partial charge is 0.454 e. The molecule has 2 aromatic carbocycles. The van der Waals surface area contributed by atoms with Crippen molar-refractivity contribution in [2.24, 2.45) is 0 Å². The second-order valence-corrected chi connectivity index (χ2v) is 5.76. The molecule has 1 aliphatic heterocycles. The quantitative estimate of drug-likeness (QED) is 0.368. The van der Waals surface area contributed by atoms with E-state index >= 15 is 0 Å². The van der Waals surface area contributed by atoms with E-state index in [4.69, 9.17) is 9.47 Å². The summed E-state index contributed by atoms with van der Waals surface area (Å²) in [6.07, 6.45) is 2.89. The SMILES string of the molecule is CN(C)c1cc([N+](=O)[O-])ccc1NC=CC(=O)c1ccc2c(c1)OCO2. The van der Waals surface area contributed by atoms with Crippen LogP contribution in [0.4, 0.5) is 17.1 Å². The zero-order valence-electron chi connectivity index (χ0n) is 14.3. The van der Waals surface area contributed by atoms with E-state index in [0.29, 0.717) is 28.4 Å². The van der Waals surface area contributed by atoms with Crippen LogP contribution in [0.1, 0.15) is 10.4 Å². The number of ether oxygens (including phenoxy) is 2. The van der Waals surface area contributed by atoms with E-state index in [2.05, 4.69) is 5.32 Å². The van der Waals surface area contributed by atoms with E-state index in [1.54, 1.807) is 43.3 Å². The lowest BCUT2D eigenvalue weighted by molar-refractivity contribution is -0.384. The molecule has 1 N–H and O–H groups in total. The number of rotatable bonds is 6. The Morgan fingerprint density at radius 1 is 1.19 bits per heavy atom. The van der Waals surface area contributed by atoms with Crippen LogP contribution in [0.15, 0.2) is 48.7 Å². The van der Waals surface area contributed by atoms with Gasteiger partial charge in [-0.25, -0.2) is 0 Å². The van der Waals surface area contributed by atoms with Gasteiger partial charge < -0.3 is 19.7 Å². The van der Waals surface area contributed by atoms with Crippen molar-refractivity contribution in [1.82, 2.24) is 0 Å². The number of nitro groups is 1. The van der Waals surface area contributed by atoms with Crippen molar-refractivity contribution in [3.63, 3.8) is 0 Å². The van der Waals surface area contributed by atoms with E-state index in [0.717, 1.165) is 0 Å². The number of ketones is 1. The molecule has 8 heteroatoms. The van der Waals surface area contributed by atoms with E-state index in [-0.39, 0.29) is 18.3 Å². The van der Waals surface area contributed by atoms with Crippen molar-refractivity contribution in [3.05, 3.63) is 64.4 Å². The van der Waals surface area contributed by atoms with Crippen LogP contribution in [0.2, 0.25) is 0 Å². The number of allylic oxidation sites excluding steroid dienone is 1. The summed E-state index contributed by atoms with van der Waals surface area (Å²) in [6.45, 7) is 0.151. The summed E-state index contributed by atoms with van der Waals surface area (Å²) < 4.78 is 10.5. The number of hydrogen-bond donors (Lipinski definition) is 1. The second-order valence-electron chi connectivity index (χ2n) is 5.76. The number of nitro benzene ring substituents is 1. The van der Waals surface area contributed by atoms with Gasteiger partial charge in [0.25, 0.3) is 5.69 Å². The number of hydrogen-bond acceptors (Lipinski definition) is 7. The van der Waals surface area contributed by atoms with Gasteiger partial charge in [0.05, 0.1) is 16.3 Å². The van der Waals surface area contributed by atoms with Crippen molar-refractivity contribution in [2.45, 2.75) is 0 Å². The average molecular weight is 355 g/mol. The molecule has 0 fully saturated rings. The smallest absolute Gasteiger partial charge is 0.271 e. The molecule has 0 saturated carbocycles. The van der Waals surface area contributed by atoms with Crippen molar-refractivity contribution < 1.29 is 19.2 Å². The van der Waals surface area contributed by atoms with E-state index in [1.807, 2.05) is 0 Å². The van der Waals surface area contributed by atoms with Gasteiger partial charge in [0.1, 0.15) is 0 Å². The van der Waals surface area contributed by atoms with Crippen LogP contribution in [0, 0.1) is 10.1 Å². The van der Waals surface area contributed by atoms with E-state index in [1.165, 1.54) is 24.4 Å². The fourth-order valence-corrected chi connectivity index (χ4v) is 2.48. The molecule has 1 aliphatic rings. The Kier molecular flexibility index (Phi) is 4.74. The first-order valence-electron chi connectivity index (χ1n) is 7.78. The highest BCUT2D eigenvalue weighted by Gasteiger charge is 2.15. The molecule has 1 heterocycles. The van der Waals surface area contributed by atoms with Crippen molar-refractivity contribution >= 4 is 22.8 Å². The summed E-state index contributed by atoms with van der Waals surface area (Å²) in [5, 5.41) is 13.9. The average Bonchev–Trinajstić information content (AvgIpc) is 3.09. The topological polar surface area (TPSA) is 93.9 Å². The maximum atomic E-state index is 12.3. The first-order valence-corrected chi connectivity index (χ1v) is 7.78. The number of carbonyl (C=O) groups is 1. The zero-order valence-corrected chi connectivity index (χ0v) is 14.3. The zero-order chi connectivity index (χ0) is 18.7. The molecule has 0 saturated heterocycles. The molecule has 0 spiro atoms. The maximum Gasteiger partial charge on any atom is 0.271 e. The minimum absolute atomic E-state index is 0.000309. The molecule has 26 heavy (non-hydrogen) atoms. The molecule has 2 aromatic rings. The molecular formula is C18H17N3O5. The number of nitrogens with zero attached hydrogens (tertiary/aromatic N) is 2. The fraction of sp³-hybridized carbons (Fsp3) is 0.167. The van der Waals surface area contributed by atoms with Crippen LogP contribution in [0.25, 0.3) is 0 Å². The highest BCUT2D eigenvalue weighted by molar-refractivity contribution is 6.05. The van der Waals surface area contributed by atoms with E-state index in [9.17, 15) is 14.9 Å². The molecule has 0 aromatic heterocycles. The summed E-state index contributed by atoms with van der Waals surface area (Å²) >= 11 is 0. The number of anilines is 2. The normalized spacial score (nSPS) is 12.2. The molecule has 0 amide bonds. The third-order valence-corrected chi connectivity index (χ3v) is 3.80. The predicted molar refractivity (Wildman–Crippen MR) is 97.1 cm³/mol. The third-order valence-electron chi connectivity index (χ3n) is 3.80. The molecule has 3 rings (SSSR count). The van der Waals surface area contributed by atoms with Crippen LogP contribution in [-0.4, -0.2) is 31.6 Å². The molecule has 0 unspecified atom stereocenters. The molecular weight excluding hydrogens is 338 g/mol. The van der Waals surface area contributed by atoms with Gasteiger partial charge in [0, 0.05) is 44.1 Å². The van der Waals surface area contributed by atoms with Crippen LogP contribution in [0.5, 0.6) is 11.5 Å². The summed E-state index contributed by atoms with van der Waals surface area (Å²) in [5.74, 6) is 0.955. The lowest BCUT2D eigenvalue weighted by atomic mass is 10.1. The molecule has 0 radical (unpaired) electrons. The molecule has 8 nitrogen and oxygen atoms in total. The Morgan fingerprint density at radius 2 is 1.96 bits per heavy atom. The summed E-state index contributed by atoms with van der Waals surface area (Å²) in [4.78, 5) is 24.5. The fourth-order valence-electron chi connectivity index (χ4n) is 2.48. The highest BCUT2D eigenvalue weighted by Crippen LogP contribution is 2.33. The van der Waals surface area contributed by atoms with Gasteiger partial charge in [0.15, 0.2) is 17.3 Å². The molecule has 134 valence electrons. The monoisotopic (exact) mass is 355 g/mol. The first kappa shape index (κ1) is 17.3. The standard InChI is InChI=1S/C18H17N3O5/c1-20(2)15-10-13(21(23)24)4-5-14(15)19-8-7-16(22)12-3-6-17-18(9-12)26-11-25-17/h3-10,19H,11H2,1-2H3. The van der Waals surface area contributed by atoms with Gasteiger partial charge in [-0.05, 0) is 24.3 Å². The van der Waals surface area contributed by atoms with E-state index < -0.39 is 4.92 Å². The summed E-state index contributed by atoms with van der Waals surface area (Å²) in [7, 11) is 3.57. The number of non-ortho nitro benzene ring substituents is 1. The van der Waals surface area contributed by atoms with Crippen LogP contribution in [-0.2, 0) is 0 Å². The van der Waals surface area contributed by atoms with Gasteiger partial charge in [-0.2, -0.15) is 0 Å². The van der Waals surface area contributed by atoms with Crippen molar-refractivity contribution in [1.29, 1.82) is 0 Å². The summed E-state index contributed by atoms with van der Waals surface area (Å²) in [5.41, 5.74) is 1.76. The van der Waals surface area contributed by atoms with Crippen LogP contribution < -0.4 is 19.7 Å². The molecule has 0 atom stereocenters. The Balaban J connectivity index is 1.74. The van der Waals surface area contributed by atoms with Gasteiger partial charge in [-0.15, -0.1) is 0 Å². The van der Waals surface area contributed by atoms with Crippen molar-refractivity contribution in [3.8, 4) is 11.5 Å². The van der Waals surface area contributed by atoms with Crippen LogP contribution >= 0.6 is 0 Å². The van der Waals surface area contributed by atoms with Crippen molar-refractivity contribution in [2.75, 3.05) is 31.1 Å². The molecule has 0 bridgehead atoms. The van der Waals surface area contributed by atoms with Gasteiger partial charge in [-0.3, -0.25) is 14.9 Å². The summed E-state index contributed by atoms with van der Waals surface area (Å²) in [6, 6.07) is 9.46. The van der Waals surface area contributed by atoms with Gasteiger partial charge in [0.2, 0.25) is 6.79 Å². The number of carbonyl (C=O) groups excluding carboxylic acids is 1.